The Morgan fingerprint density at radius 1 is 1.67 bits per heavy atom. The SMILES string of the molecule is Cc1cc(=O)n(CCC(=O)ONN)cc1[N+](=O)[O-]. The van der Waals surface area contributed by atoms with Gasteiger partial charge in [-0.3, -0.25) is 19.7 Å². The maximum atomic E-state index is 11.5. The van der Waals surface area contributed by atoms with Gasteiger partial charge in [-0.15, -0.1) is 0 Å². The number of nitrogens with one attached hydrogen (secondary N) is 1. The third-order valence-corrected chi connectivity index (χ3v) is 2.23. The van der Waals surface area contributed by atoms with E-state index in [0.717, 1.165) is 16.8 Å². The molecule has 0 aliphatic heterocycles. The maximum absolute atomic E-state index is 11.5. The van der Waals surface area contributed by atoms with E-state index in [1.807, 2.05) is 0 Å². The first kappa shape index (κ1) is 13.8. The first-order valence-corrected chi connectivity index (χ1v) is 4.96. The third-order valence-electron chi connectivity index (χ3n) is 2.23. The zero-order valence-electron chi connectivity index (χ0n) is 9.58. The molecule has 0 atom stereocenters. The quantitative estimate of drug-likeness (QED) is 0.407. The molecule has 0 saturated heterocycles. The van der Waals surface area contributed by atoms with Crippen LogP contribution in [0.5, 0.6) is 0 Å². The summed E-state index contributed by atoms with van der Waals surface area (Å²) in [6, 6.07) is 1.14. The van der Waals surface area contributed by atoms with Crippen LogP contribution in [0.2, 0.25) is 0 Å². The van der Waals surface area contributed by atoms with Gasteiger partial charge in [-0.25, -0.2) is 5.84 Å². The van der Waals surface area contributed by atoms with Crippen molar-refractivity contribution in [3.8, 4) is 0 Å². The fourth-order valence-corrected chi connectivity index (χ4v) is 1.35. The first-order chi connectivity index (χ1) is 8.45. The molecule has 9 nitrogen and oxygen atoms in total. The maximum Gasteiger partial charge on any atom is 0.328 e. The van der Waals surface area contributed by atoms with Crippen molar-refractivity contribution in [3.63, 3.8) is 0 Å². The van der Waals surface area contributed by atoms with Gasteiger partial charge in [0.25, 0.3) is 11.2 Å². The van der Waals surface area contributed by atoms with Crippen LogP contribution >= 0.6 is 0 Å². The predicted molar refractivity (Wildman–Crippen MR) is 60.1 cm³/mol. The highest BCUT2D eigenvalue weighted by atomic mass is 16.7. The van der Waals surface area contributed by atoms with Crippen LogP contribution in [-0.2, 0) is 16.2 Å². The van der Waals surface area contributed by atoms with Crippen molar-refractivity contribution < 1.29 is 14.6 Å². The second kappa shape index (κ2) is 5.89. The second-order valence-electron chi connectivity index (χ2n) is 3.47. The molecule has 0 aliphatic rings. The normalized spacial score (nSPS) is 10.1. The number of pyridine rings is 1. The van der Waals surface area contributed by atoms with Gasteiger partial charge < -0.3 is 9.40 Å². The zero-order chi connectivity index (χ0) is 13.7. The minimum absolute atomic E-state index is 0.0273. The molecule has 0 bridgehead atoms. The van der Waals surface area contributed by atoms with E-state index in [-0.39, 0.29) is 24.2 Å². The van der Waals surface area contributed by atoms with Gasteiger partial charge in [0, 0.05) is 18.2 Å². The lowest BCUT2D eigenvalue weighted by molar-refractivity contribution is -0.385. The Labute approximate surface area is 101 Å². The Morgan fingerprint density at radius 2 is 2.33 bits per heavy atom. The lowest BCUT2D eigenvalue weighted by atomic mass is 10.2. The molecule has 0 spiro atoms. The van der Waals surface area contributed by atoms with Crippen molar-refractivity contribution >= 4 is 11.7 Å². The van der Waals surface area contributed by atoms with Gasteiger partial charge >= 0.3 is 5.97 Å². The number of aromatic nitrogens is 1. The number of carbonyl (C=O) groups is 1. The molecule has 98 valence electrons. The average Bonchev–Trinajstić information content (AvgIpc) is 2.27. The lowest BCUT2D eigenvalue weighted by Gasteiger charge is -2.06. The van der Waals surface area contributed by atoms with Gasteiger partial charge in [0.2, 0.25) is 0 Å². The molecule has 0 unspecified atom stereocenters. The van der Waals surface area contributed by atoms with Gasteiger partial charge in [0.05, 0.1) is 17.5 Å². The molecule has 1 aromatic rings. The molecular weight excluding hydrogens is 244 g/mol. The largest absolute Gasteiger partial charge is 0.356 e. The predicted octanol–water partition coefficient (Wildman–Crippen LogP) is -0.623. The van der Waals surface area contributed by atoms with Crippen molar-refractivity contribution in [2.45, 2.75) is 19.9 Å². The van der Waals surface area contributed by atoms with E-state index in [1.165, 1.54) is 6.92 Å². The molecule has 0 amide bonds. The van der Waals surface area contributed by atoms with Crippen LogP contribution in [0.25, 0.3) is 0 Å². The summed E-state index contributed by atoms with van der Waals surface area (Å²) in [4.78, 5) is 36.9. The van der Waals surface area contributed by atoms with E-state index in [9.17, 15) is 19.7 Å². The molecule has 1 rings (SSSR count). The molecule has 9 heteroatoms. The summed E-state index contributed by atoms with van der Waals surface area (Å²) in [7, 11) is 0. The Morgan fingerprint density at radius 3 is 2.89 bits per heavy atom. The summed E-state index contributed by atoms with van der Waals surface area (Å²) < 4.78 is 1.07. The molecule has 18 heavy (non-hydrogen) atoms. The molecule has 0 radical (unpaired) electrons. The summed E-state index contributed by atoms with van der Waals surface area (Å²) in [5, 5.41) is 10.7. The zero-order valence-corrected chi connectivity index (χ0v) is 9.58. The summed E-state index contributed by atoms with van der Waals surface area (Å²) in [6.07, 6.45) is 0.963. The topological polar surface area (TPSA) is 129 Å². The summed E-state index contributed by atoms with van der Waals surface area (Å²) >= 11 is 0. The van der Waals surface area contributed by atoms with Crippen LogP contribution in [0.4, 0.5) is 5.69 Å². The molecule has 0 aromatic carbocycles. The number of hydrogen-bond donors (Lipinski definition) is 2. The Bertz CT molecular complexity index is 524. The van der Waals surface area contributed by atoms with E-state index in [1.54, 1.807) is 5.59 Å². The number of nitro groups is 1. The number of nitrogens with zero attached hydrogens (tertiary/aromatic N) is 2. The van der Waals surface area contributed by atoms with Crippen LogP contribution in [-0.4, -0.2) is 15.5 Å². The Hall–Kier alpha value is -2.26. The van der Waals surface area contributed by atoms with Crippen LogP contribution in [0.3, 0.4) is 0 Å². The first-order valence-electron chi connectivity index (χ1n) is 4.96. The van der Waals surface area contributed by atoms with Gasteiger partial charge in [0.1, 0.15) is 0 Å². The van der Waals surface area contributed by atoms with Gasteiger partial charge in [-0.05, 0) is 6.92 Å². The second-order valence-corrected chi connectivity index (χ2v) is 3.47. The summed E-state index contributed by atoms with van der Waals surface area (Å²) in [5.41, 5.74) is 1.38. The number of hydrogen-bond acceptors (Lipinski definition) is 7. The number of aryl methyl sites for hydroxylation is 2. The van der Waals surface area contributed by atoms with E-state index in [4.69, 9.17) is 5.84 Å². The van der Waals surface area contributed by atoms with E-state index < -0.39 is 16.5 Å². The minimum atomic E-state index is -0.673. The summed E-state index contributed by atoms with van der Waals surface area (Å²) in [5.74, 6) is 4.09. The van der Waals surface area contributed by atoms with Gasteiger partial charge in [-0.1, -0.05) is 5.59 Å². The van der Waals surface area contributed by atoms with E-state index >= 15 is 0 Å². The fraction of sp³-hybridized carbons (Fsp3) is 0.333. The number of carbonyl (C=O) groups excluding carboxylic acids is 1. The molecule has 0 saturated carbocycles. The number of nitrogens with two attached hydrogens (primary N) is 1. The van der Waals surface area contributed by atoms with Crippen LogP contribution in [0, 0.1) is 17.0 Å². The molecular formula is C9H12N4O5. The smallest absolute Gasteiger partial charge is 0.328 e. The fourth-order valence-electron chi connectivity index (χ4n) is 1.35. The van der Waals surface area contributed by atoms with Crippen molar-refractivity contribution in [1.29, 1.82) is 0 Å². The number of hydrazine groups is 1. The highest BCUT2D eigenvalue weighted by Crippen LogP contribution is 2.14. The molecule has 1 aromatic heterocycles. The highest BCUT2D eigenvalue weighted by molar-refractivity contribution is 5.68. The van der Waals surface area contributed by atoms with Crippen LogP contribution in [0.15, 0.2) is 17.1 Å². The van der Waals surface area contributed by atoms with Gasteiger partial charge in [-0.2, -0.15) is 0 Å². The molecule has 1 heterocycles. The lowest BCUT2D eigenvalue weighted by Crippen LogP contribution is -2.28. The van der Waals surface area contributed by atoms with Crippen LogP contribution in [0.1, 0.15) is 12.0 Å². The standard InChI is InChI=1S/C9H12N4O5/c1-6-4-8(14)12(5-7(6)13(16)17)3-2-9(15)18-11-10/h4-5,11H,2-3,10H2,1H3. The van der Waals surface area contributed by atoms with E-state index in [0.29, 0.717) is 0 Å². The van der Waals surface area contributed by atoms with Crippen molar-refractivity contribution in [2.24, 2.45) is 5.84 Å². The van der Waals surface area contributed by atoms with Gasteiger partial charge in [0.15, 0.2) is 0 Å². The summed E-state index contributed by atoms with van der Waals surface area (Å²) in [6.45, 7) is 1.44. The Balaban J connectivity index is 2.89. The molecule has 0 aliphatic carbocycles. The molecule has 0 fully saturated rings. The van der Waals surface area contributed by atoms with Crippen molar-refractivity contribution in [3.05, 3.63) is 38.3 Å². The Kier molecular flexibility index (Phi) is 4.52. The minimum Gasteiger partial charge on any atom is -0.356 e. The van der Waals surface area contributed by atoms with Crippen molar-refractivity contribution in [1.82, 2.24) is 10.2 Å². The third kappa shape index (κ3) is 3.37. The highest BCUT2D eigenvalue weighted by Gasteiger charge is 2.14. The van der Waals surface area contributed by atoms with E-state index in [2.05, 4.69) is 4.84 Å². The number of rotatable bonds is 5. The van der Waals surface area contributed by atoms with Crippen LogP contribution < -0.4 is 17.0 Å². The monoisotopic (exact) mass is 256 g/mol. The van der Waals surface area contributed by atoms with Crippen molar-refractivity contribution in [2.75, 3.05) is 0 Å². The average molecular weight is 256 g/mol. The molecule has 3 N–H and O–H groups in total.